The first-order chi connectivity index (χ1) is 11.9. The molecule has 1 aromatic heterocycles. The fraction of sp³-hybridized carbons (Fsp3) is 0.235. The lowest BCUT2D eigenvalue weighted by Crippen LogP contribution is -2.40. The molecule has 132 valence electrons. The van der Waals surface area contributed by atoms with E-state index in [2.05, 4.69) is 21.2 Å². The van der Waals surface area contributed by atoms with Crippen molar-refractivity contribution in [1.29, 1.82) is 0 Å². The molecular weight excluding hydrogens is 430 g/mol. The Balaban J connectivity index is 2.26. The SMILES string of the molecule is O=CCC(c1ccc(Br)s1)C(CC(=O)O)NC(=O)c1ccc(Cl)cc1. The number of nitrogens with one attached hydrogen (secondary N) is 1. The van der Waals surface area contributed by atoms with Crippen molar-refractivity contribution in [2.75, 3.05) is 0 Å². The van der Waals surface area contributed by atoms with E-state index in [0.717, 1.165) is 14.9 Å². The van der Waals surface area contributed by atoms with Crippen molar-refractivity contribution < 1.29 is 19.5 Å². The van der Waals surface area contributed by atoms with Crippen LogP contribution in [0.5, 0.6) is 0 Å². The molecule has 2 rings (SSSR count). The summed E-state index contributed by atoms with van der Waals surface area (Å²) in [6.07, 6.45) is 0.570. The molecule has 0 saturated heterocycles. The lowest BCUT2D eigenvalue weighted by Gasteiger charge is -2.25. The number of benzene rings is 1. The molecule has 1 heterocycles. The van der Waals surface area contributed by atoms with Gasteiger partial charge in [-0.15, -0.1) is 11.3 Å². The first-order valence-corrected chi connectivity index (χ1v) is 9.36. The number of hydrogen-bond donors (Lipinski definition) is 2. The summed E-state index contributed by atoms with van der Waals surface area (Å²) in [4.78, 5) is 35.6. The van der Waals surface area contributed by atoms with Crippen LogP contribution in [0.2, 0.25) is 5.02 Å². The Labute approximate surface area is 162 Å². The van der Waals surface area contributed by atoms with E-state index in [9.17, 15) is 19.5 Å². The lowest BCUT2D eigenvalue weighted by molar-refractivity contribution is -0.137. The van der Waals surface area contributed by atoms with Crippen LogP contribution in [0.4, 0.5) is 0 Å². The largest absolute Gasteiger partial charge is 0.481 e. The highest BCUT2D eigenvalue weighted by Gasteiger charge is 2.28. The van der Waals surface area contributed by atoms with Crippen LogP contribution in [0.15, 0.2) is 40.2 Å². The van der Waals surface area contributed by atoms with E-state index in [1.165, 1.54) is 11.3 Å². The van der Waals surface area contributed by atoms with Crippen LogP contribution in [-0.4, -0.2) is 29.3 Å². The first-order valence-electron chi connectivity index (χ1n) is 7.37. The number of halogens is 2. The Hall–Kier alpha value is -1.70. The summed E-state index contributed by atoms with van der Waals surface area (Å²) in [6, 6.07) is 9.24. The van der Waals surface area contributed by atoms with Gasteiger partial charge >= 0.3 is 5.97 Å². The van der Waals surface area contributed by atoms with Crippen molar-refractivity contribution in [3.8, 4) is 0 Å². The molecule has 2 aromatic rings. The van der Waals surface area contributed by atoms with Crippen molar-refractivity contribution in [3.63, 3.8) is 0 Å². The van der Waals surface area contributed by atoms with Gasteiger partial charge in [-0.3, -0.25) is 9.59 Å². The zero-order valence-electron chi connectivity index (χ0n) is 12.9. The Morgan fingerprint density at radius 1 is 1.24 bits per heavy atom. The van der Waals surface area contributed by atoms with E-state index in [4.69, 9.17) is 11.6 Å². The number of carbonyl (C=O) groups excluding carboxylic acids is 2. The molecule has 2 unspecified atom stereocenters. The van der Waals surface area contributed by atoms with Crippen molar-refractivity contribution in [2.24, 2.45) is 0 Å². The second kappa shape index (κ2) is 9.12. The number of carboxylic acids is 1. The summed E-state index contributed by atoms with van der Waals surface area (Å²) in [5.74, 6) is -1.87. The maximum atomic E-state index is 12.5. The molecule has 8 heteroatoms. The van der Waals surface area contributed by atoms with Crippen LogP contribution in [0.1, 0.15) is 34.0 Å². The van der Waals surface area contributed by atoms with E-state index in [0.29, 0.717) is 10.6 Å². The third-order valence-corrected chi connectivity index (χ3v) is 5.62. The number of thiophene rings is 1. The van der Waals surface area contributed by atoms with Gasteiger partial charge in [0.1, 0.15) is 6.29 Å². The second-order valence-electron chi connectivity index (χ2n) is 5.34. The standard InChI is InChI=1S/C17H15BrClNO4S/c18-15-6-5-14(25-15)12(7-8-21)13(9-16(22)23)20-17(24)10-1-3-11(19)4-2-10/h1-6,8,12-13H,7,9H2,(H,20,24)(H,22,23). The van der Waals surface area contributed by atoms with Crippen LogP contribution < -0.4 is 5.32 Å². The Morgan fingerprint density at radius 2 is 1.92 bits per heavy atom. The summed E-state index contributed by atoms with van der Waals surface area (Å²) < 4.78 is 0.872. The van der Waals surface area contributed by atoms with Crippen LogP contribution in [-0.2, 0) is 9.59 Å². The molecule has 1 aromatic carbocycles. The van der Waals surface area contributed by atoms with Crippen LogP contribution in [0.25, 0.3) is 0 Å². The van der Waals surface area contributed by atoms with E-state index in [-0.39, 0.29) is 12.8 Å². The van der Waals surface area contributed by atoms with E-state index < -0.39 is 23.8 Å². The minimum absolute atomic E-state index is 0.117. The van der Waals surface area contributed by atoms with Gasteiger partial charge in [0.15, 0.2) is 0 Å². The molecule has 0 aliphatic heterocycles. The van der Waals surface area contributed by atoms with Crippen LogP contribution in [0.3, 0.4) is 0 Å². The summed E-state index contributed by atoms with van der Waals surface area (Å²) in [5.41, 5.74) is 0.372. The maximum absolute atomic E-state index is 12.5. The van der Waals surface area contributed by atoms with Crippen LogP contribution in [0, 0.1) is 0 Å². The van der Waals surface area contributed by atoms with Gasteiger partial charge < -0.3 is 15.2 Å². The van der Waals surface area contributed by atoms with Gasteiger partial charge in [0, 0.05) is 33.8 Å². The quantitative estimate of drug-likeness (QED) is 0.600. The van der Waals surface area contributed by atoms with Crippen molar-refractivity contribution in [3.05, 3.63) is 55.6 Å². The fourth-order valence-corrected chi connectivity index (χ4v) is 4.17. The van der Waals surface area contributed by atoms with Gasteiger partial charge in [-0.05, 0) is 52.3 Å². The van der Waals surface area contributed by atoms with Crippen LogP contribution >= 0.6 is 38.9 Å². The highest BCUT2D eigenvalue weighted by molar-refractivity contribution is 9.11. The molecule has 2 N–H and O–H groups in total. The number of hydrogen-bond acceptors (Lipinski definition) is 4. The molecule has 0 bridgehead atoms. The van der Waals surface area contributed by atoms with E-state index >= 15 is 0 Å². The van der Waals surface area contributed by atoms with Gasteiger partial charge in [-0.2, -0.15) is 0 Å². The zero-order valence-corrected chi connectivity index (χ0v) is 16.1. The minimum Gasteiger partial charge on any atom is -0.481 e. The maximum Gasteiger partial charge on any atom is 0.305 e. The highest BCUT2D eigenvalue weighted by atomic mass is 79.9. The number of aldehydes is 1. The minimum atomic E-state index is -1.05. The van der Waals surface area contributed by atoms with Gasteiger partial charge in [0.05, 0.1) is 10.2 Å². The average Bonchev–Trinajstić information content (AvgIpc) is 2.98. The molecule has 0 fully saturated rings. The van der Waals surface area contributed by atoms with Gasteiger partial charge in [-0.1, -0.05) is 11.6 Å². The zero-order chi connectivity index (χ0) is 18.4. The number of carbonyl (C=O) groups is 3. The topological polar surface area (TPSA) is 83.5 Å². The van der Waals surface area contributed by atoms with Crippen molar-refractivity contribution in [2.45, 2.75) is 24.8 Å². The average molecular weight is 445 g/mol. The molecule has 0 aliphatic carbocycles. The van der Waals surface area contributed by atoms with Gasteiger partial charge in [0.25, 0.3) is 5.91 Å². The number of aliphatic carboxylic acids is 1. The second-order valence-corrected chi connectivity index (χ2v) is 8.27. The molecule has 0 saturated carbocycles. The highest BCUT2D eigenvalue weighted by Crippen LogP contribution is 2.33. The monoisotopic (exact) mass is 443 g/mol. The molecule has 0 spiro atoms. The third-order valence-electron chi connectivity index (χ3n) is 3.61. The Kier molecular flexibility index (Phi) is 7.16. The summed E-state index contributed by atoms with van der Waals surface area (Å²) in [6.45, 7) is 0. The smallest absolute Gasteiger partial charge is 0.305 e. The van der Waals surface area contributed by atoms with Crippen molar-refractivity contribution >= 4 is 57.0 Å². The summed E-state index contributed by atoms with van der Waals surface area (Å²) >= 11 is 10.6. The van der Waals surface area contributed by atoms with E-state index in [1.807, 2.05) is 12.1 Å². The first kappa shape index (κ1) is 19.6. The Morgan fingerprint density at radius 3 is 2.44 bits per heavy atom. The summed E-state index contributed by atoms with van der Waals surface area (Å²) in [7, 11) is 0. The number of carboxylic acid groups (broad SMARTS) is 1. The predicted molar refractivity (Wildman–Crippen MR) is 100 cm³/mol. The normalized spacial score (nSPS) is 13.0. The molecule has 0 aliphatic rings. The lowest BCUT2D eigenvalue weighted by atomic mass is 9.92. The molecule has 25 heavy (non-hydrogen) atoms. The molecule has 1 amide bonds. The van der Waals surface area contributed by atoms with E-state index in [1.54, 1.807) is 24.3 Å². The molecule has 0 radical (unpaired) electrons. The molecular formula is C17H15BrClNO4S. The van der Waals surface area contributed by atoms with Gasteiger partial charge in [-0.25, -0.2) is 0 Å². The predicted octanol–water partition coefficient (Wildman–Crippen LogP) is 4.11. The van der Waals surface area contributed by atoms with Gasteiger partial charge in [0.2, 0.25) is 0 Å². The van der Waals surface area contributed by atoms with Crippen molar-refractivity contribution in [1.82, 2.24) is 5.32 Å². The summed E-state index contributed by atoms with van der Waals surface area (Å²) in [5, 5.41) is 12.5. The number of rotatable bonds is 8. The fourth-order valence-electron chi connectivity index (χ4n) is 2.44. The molecule has 5 nitrogen and oxygen atoms in total. The number of amides is 1. The Bertz CT molecular complexity index is 762. The molecule has 2 atom stereocenters. The third kappa shape index (κ3) is 5.66.